The molecule has 1 aliphatic carbocycles. The summed E-state index contributed by atoms with van der Waals surface area (Å²) in [4.78, 5) is 30.5. The van der Waals surface area contributed by atoms with Crippen LogP contribution in [0.4, 0.5) is 10.5 Å². The minimum absolute atomic E-state index is 0.0401. The van der Waals surface area contributed by atoms with E-state index in [4.69, 9.17) is 5.11 Å². The van der Waals surface area contributed by atoms with Crippen LogP contribution in [-0.2, 0) is 11.3 Å². The summed E-state index contributed by atoms with van der Waals surface area (Å²) >= 11 is 0. The molecule has 1 saturated carbocycles. The fourth-order valence-electron chi connectivity index (χ4n) is 4.88. The van der Waals surface area contributed by atoms with Crippen LogP contribution in [0.1, 0.15) is 37.7 Å². The molecule has 1 saturated heterocycles. The first-order valence-corrected chi connectivity index (χ1v) is 14.8. The average Bonchev–Trinajstić information content (AvgIpc) is 3.05. The molecule has 7 heteroatoms. The molecule has 2 aliphatic rings. The molecule has 3 aromatic rings. The second kappa shape index (κ2) is 18.6. The number of aliphatic hydroxyl groups is 1. The van der Waals surface area contributed by atoms with Crippen LogP contribution in [-0.4, -0.2) is 73.2 Å². The molecule has 0 unspecified atom stereocenters. The molecule has 7 nitrogen and oxygen atoms in total. The van der Waals surface area contributed by atoms with Crippen LogP contribution in [0.25, 0.3) is 0 Å². The molecule has 220 valence electrons. The van der Waals surface area contributed by atoms with Crippen LogP contribution in [0.5, 0.6) is 0 Å². The lowest BCUT2D eigenvalue weighted by molar-refractivity contribution is -0.126. The lowest BCUT2D eigenvalue weighted by Crippen LogP contribution is -2.51. The molecule has 5 rings (SSSR count). The van der Waals surface area contributed by atoms with Crippen molar-refractivity contribution in [3.05, 3.63) is 103 Å². The van der Waals surface area contributed by atoms with Crippen molar-refractivity contribution in [2.45, 2.75) is 38.6 Å². The summed E-state index contributed by atoms with van der Waals surface area (Å²) < 4.78 is 0. The van der Waals surface area contributed by atoms with Crippen LogP contribution in [0, 0.1) is 5.92 Å². The number of likely N-dealkylation sites (N-methyl/N-ethyl adjacent to an activating group) is 1. The Kier molecular flexibility index (Phi) is 14.5. The van der Waals surface area contributed by atoms with Gasteiger partial charge >= 0.3 is 6.03 Å². The predicted octanol–water partition coefficient (Wildman–Crippen LogP) is 5.42. The number of nitrogens with one attached hydrogen (secondary N) is 1. The summed E-state index contributed by atoms with van der Waals surface area (Å²) in [6.07, 6.45) is 5.67. The largest absolute Gasteiger partial charge is 0.395 e. The number of aliphatic hydroxyl groups excluding tert-OH is 1. The summed E-state index contributed by atoms with van der Waals surface area (Å²) in [7, 11) is 2.10. The SMILES string of the molecule is CN1CCN(C(=O)N(Cc2ccccc2)c2ccccc2)CC1.O=C(NCCO)C1CCCCC1.c1ccccc1. The fourth-order valence-corrected chi connectivity index (χ4v) is 4.88. The number of para-hydroxylation sites is 1. The number of rotatable bonds is 6. The Morgan fingerprint density at radius 1 is 0.780 bits per heavy atom. The first-order valence-electron chi connectivity index (χ1n) is 14.8. The van der Waals surface area contributed by atoms with Crippen LogP contribution < -0.4 is 10.2 Å². The molecule has 1 aliphatic heterocycles. The average molecular weight is 559 g/mol. The van der Waals surface area contributed by atoms with Gasteiger partial charge in [-0.1, -0.05) is 104 Å². The molecule has 41 heavy (non-hydrogen) atoms. The number of hydrogen-bond acceptors (Lipinski definition) is 4. The monoisotopic (exact) mass is 558 g/mol. The number of hydrogen-bond donors (Lipinski definition) is 2. The van der Waals surface area contributed by atoms with Crippen molar-refractivity contribution in [1.82, 2.24) is 15.1 Å². The van der Waals surface area contributed by atoms with Gasteiger partial charge in [0.1, 0.15) is 0 Å². The topological polar surface area (TPSA) is 76.1 Å². The van der Waals surface area contributed by atoms with E-state index < -0.39 is 0 Å². The number of anilines is 1. The summed E-state index contributed by atoms with van der Waals surface area (Å²) in [5, 5.41) is 11.2. The van der Waals surface area contributed by atoms with Gasteiger partial charge in [-0.05, 0) is 37.6 Å². The van der Waals surface area contributed by atoms with Crippen molar-refractivity contribution < 1.29 is 14.7 Å². The van der Waals surface area contributed by atoms with E-state index in [1.165, 1.54) is 19.3 Å². The summed E-state index contributed by atoms with van der Waals surface area (Å²) in [5.74, 6) is 0.342. The number of benzene rings is 3. The highest BCUT2D eigenvalue weighted by Crippen LogP contribution is 2.23. The Hall–Kier alpha value is -3.68. The molecule has 2 fully saturated rings. The van der Waals surface area contributed by atoms with E-state index >= 15 is 0 Å². The molecule has 2 N–H and O–H groups in total. The second-order valence-corrected chi connectivity index (χ2v) is 10.5. The summed E-state index contributed by atoms with van der Waals surface area (Å²) in [5.41, 5.74) is 2.08. The quantitative estimate of drug-likeness (QED) is 0.424. The third-order valence-corrected chi connectivity index (χ3v) is 7.31. The van der Waals surface area contributed by atoms with Crippen LogP contribution in [0.2, 0.25) is 0 Å². The molecule has 3 aromatic carbocycles. The van der Waals surface area contributed by atoms with E-state index in [1.54, 1.807) is 0 Å². The number of nitrogens with zero attached hydrogens (tertiary/aromatic N) is 3. The zero-order valence-corrected chi connectivity index (χ0v) is 24.4. The number of carbonyl (C=O) groups excluding carboxylic acids is 2. The minimum atomic E-state index is 0.0401. The Balaban J connectivity index is 0.000000212. The van der Waals surface area contributed by atoms with E-state index in [9.17, 15) is 9.59 Å². The van der Waals surface area contributed by atoms with Gasteiger partial charge in [0.25, 0.3) is 0 Å². The number of carbonyl (C=O) groups is 2. The second-order valence-electron chi connectivity index (χ2n) is 10.5. The summed E-state index contributed by atoms with van der Waals surface area (Å²) in [6, 6.07) is 32.2. The number of urea groups is 1. The summed E-state index contributed by atoms with van der Waals surface area (Å²) in [6.45, 7) is 4.46. The third-order valence-electron chi connectivity index (χ3n) is 7.31. The Morgan fingerprint density at radius 2 is 1.29 bits per heavy atom. The van der Waals surface area contributed by atoms with Crippen LogP contribution in [0.3, 0.4) is 0 Å². The van der Waals surface area contributed by atoms with Gasteiger partial charge < -0.3 is 20.2 Å². The lowest BCUT2D eigenvalue weighted by Gasteiger charge is -2.36. The van der Waals surface area contributed by atoms with E-state index in [-0.39, 0.29) is 24.5 Å². The Labute approximate surface area is 245 Å². The van der Waals surface area contributed by atoms with Crippen molar-refractivity contribution in [3.63, 3.8) is 0 Å². The molecule has 0 spiro atoms. The van der Waals surface area contributed by atoms with E-state index in [2.05, 4.69) is 29.4 Å². The minimum Gasteiger partial charge on any atom is -0.395 e. The van der Waals surface area contributed by atoms with Crippen molar-refractivity contribution in [1.29, 1.82) is 0 Å². The third kappa shape index (κ3) is 11.8. The molecule has 1 heterocycles. The van der Waals surface area contributed by atoms with Crippen LogP contribution >= 0.6 is 0 Å². The van der Waals surface area contributed by atoms with Gasteiger partial charge in [0, 0.05) is 44.3 Å². The highest BCUT2D eigenvalue weighted by atomic mass is 16.3. The Bertz CT molecular complexity index is 1070. The predicted molar refractivity (Wildman–Crippen MR) is 167 cm³/mol. The smallest absolute Gasteiger partial charge is 0.324 e. The maximum absolute atomic E-state index is 13.0. The van der Waals surface area contributed by atoms with Crippen molar-refractivity contribution >= 4 is 17.6 Å². The first-order chi connectivity index (χ1) is 20.1. The molecule has 3 amide bonds. The molecule has 0 aromatic heterocycles. The highest BCUT2D eigenvalue weighted by molar-refractivity contribution is 5.92. The Morgan fingerprint density at radius 3 is 1.83 bits per heavy atom. The van der Waals surface area contributed by atoms with Gasteiger partial charge in [-0.2, -0.15) is 0 Å². The van der Waals surface area contributed by atoms with Gasteiger partial charge in [0.15, 0.2) is 0 Å². The van der Waals surface area contributed by atoms with Gasteiger partial charge in [0.05, 0.1) is 13.2 Å². The number of amides is 3. The maximum Gasteiger partial charge on any atom is 0.324 e. The molecule has 0 radical (unpaired) electrons. The lowest BCUT2D eigenvalue weighted by atomic mass is 9.89. The zero-order valence-electron chi connectivity index (χ0n) is 24.4. The molecular weight excluding hydrogens is 512 g/mol. The molecular formula is C34H46N4O3. The van der Waals surface area contributed by atoms with Gasteiger partial charge in [-0.15, -0.1) is 0 Å². The van der Waals surface area contributed by atoms with E-state index in [1.807, 2.05) is 94.7 Å². The van der Waals surface area contributed by atoms with Crippen LogP contribution in [0.15, 0.2) is 97.1 Å². The van der Waals surface area contributed by atoms with Crippen molar-refractivity contribution in [2.75, 3.05) is 51.3 Å². The fraction of sp³-hybridized carbons (Fsp3) is 0.412. The van der Waals surface area contributed by atoms with E-state index in [0.717, 1.165) is 50.3 Å². The maximum atomic E-state index is 13.0. The highest BCUT2D eigenvalue weighted by Gasteiger charge is 2.25. The molecule has 0 atom stereocenters. The molecule has 0 bridgehead atoms. The van der Waals surface area contributed by atoms with E-state index in [0.29, 0.717) is 13.1 Å². The zero-order chi connectivity index (χ0) is 29.1. The van der Waals surface area contributed by atoms with Gasteiger partial charge in [0.2, 0.25) is 5.91 Å². The normalized spacial score (nSPS) is 15.4. The number of piperazine rings is 1. The van der Waals surface area contributed by atoms with Gasteiger partial charge in [-0.25, -0.2) is 4.79 Å². The van der Waals surface area contributed by atoms with Crippen molar-refractivity contribution in [3.8, 4) is 0 Å². The van der Waals surface area contributed by atoms with Crippen molar-refractivity contribution in [2.24, 2.45) is 5.92 Å². The first kappa shape index (κ1) is 31.8. The van der Waals surface area contributed by atoms with Gasteiger partial charge in [-0.3, -0.25) is 9.69 Å². The standard InChI is InChI=1S/C19H23N3O.C9H17NO2.C6H6/c1-20-12-14-21(15-13-20)19(23)22(18-10-6-3-7-11-18)16-17-8-4-2-5-9-17;11-7-6-10-9(12)8-4-2-1-3-5-8;1-2-4-6-5-3-1/h2-11H,12-16H2,1H3;8,11H,1-7H2,(H,10,12);1-6H.